The van der Waals surface area contributed by atoms with Crippen molar-refractivity contribution in [1.82, 2.24) is 5.32 Å². The number of nitrogens with one attached hydrogen (secondary N) is 1. The average molecular weight is 392 g/mol. The smallest absolute Gasteiger partial charge is 0.252 e. The Hall–Kier alpha value is -2.40. The molecule has 0 spiro atoms. The first-order valence-electron chi connectivity index (χ1n) is 9.12. The predicted octanol–water partition coefficient (Wildman–Crippen LogP) is 5.03. The molecule has 1 N–H and O–H groups in total. The molecule has 0 aliphatic heterocycles. The summed E-state index contributed by atoms with van der Waals surface area (Å²) in [4.78, 5) is 12.8. The summed E-state index contributed by atoms with van der Waals surface area (Å²) in [5, 5.41) is 3.65. The molecule has 0 aliphatic carbocycles. The molecule has 2 aromatic carbocycles. The van der Waals surface area contributed by atoms with Gasteiger partial charge in [0.05, 0.1) is 25.9 Å². The van der Waals surface area contributed by atoms with Crippen molar-refractivity contribution < 1.29 is 19.0 Å². The fourth-order valence-corrected chi connectivity index (χ4v) is 2.76. The van der Waals surface area contributed by atoms with Gasteiger partial charge in [-0.1, -0.05) is 23.7 Å². The van der Waals surface area contributed by atoms with Crippen LogP contribution >= 0.6 is 11.6 Å². The summed E-state index contributed by atoms with van der Waals surface area (Å²) in [5.74, 6) is 1.29. The van der Waals surface area contributed by atoms with Crippen molar-refractivity contribution in [2.24, 2.45) is 0 Å². The second kappa shape index (κ2) is 10.1. The highest BCUT2D eigenvalue weighted by Crippen LogP contribution is 2.39. The molecule has 1 amide bonds. The second-order valence-corrected chi connectivity index (χ2v) is 6.28. The minimum absolute atomic E-state index is 0.174. The van der Waals surface area contributed by atoms with E-state index in [1.165, 1.54) is 0 Å². The normalized spacial score (nSPS) is 11.6. The molecule has 2 rings (SSSR count). The summed E-state index contributed by atoms with van der Waals surface area (Å²) in [7, 11) is 0. The van der Waals surface area contributed by atoms with Gasteiger partial charge in [0.15, 0.2) is 11.5 Å². The lowest BCUT2D eigenvalue weighted by Crippen LogP contribution is -2.26. The molecule has 1 atom stereocenters. The third-order valence-corrected chi connectivity index (χ3v) is 4.14. The quantitative estimate of drug-likeness (QED) is 0.651. The molecule has 0 radical (unpaired) electrons. The van der Waals surface area contributed by atoms with Crippen molar-refractivity contribution in [2.75, 3.05) is 19.8 Å². The number of hydrogen-bond donors (Lipinski definition) is 1. The molecule has 6 heteroatoms. The largest absolute Gasteiger partial charge is 0.490 e. The van der Waals surface area contributed by atoms with Crippen molar-refractivity contribution in [3.63, 3.8) is 0 Å². The predicted molar refractivity (Wildman–Crippen MR) is 107 cm³/mol. The lowest BCUT2D eigenvalue weighted by atomic mass is 10.1. The Kier molecular flexibility index (Phi) is 7.80. The number of ether oxygens (including phenoxy) is 3. The van der Waals surface area contributed by atoms with Gasteiger partial charge in [-0.15, -0.1) is 0 Å². The number of hydrogen-bond acceptors (Lipinski definition) is 4. The Morgan fingerprint density at radius 1 is 0.963 bits per heavy atom. The molecule has 0 aromatic heterocycles. The molecule has 0 saturated heterocycles. The maximum absolute atomic E-state index is 12.8. The van der Waals surface area contributed by atoms with Gasteiger partial charge in [-0.3, -0.25) is 4.79 Å². The average Bonchev–Trinajstić information content (AvgIpc) is 2.65. The zero-order valence-electron chi connectivity index (χ0n) is 16.2. The molecule has 5 nitrogen and oxygen atoms in total. The zero-order valence-corrected chi connectivity index (χ0v) is 16.9. The van der Waals surface area contributed by atoms with Crippen LogP contribution in [0.15, 0.2) is 36.4 Å². The van der Waals surface area contributed by atoms with Crippen LogP contribution in [0.3, 0.4) is 0 Å². The molecule has 0 heterocycles. The van der Waals surface area contributed by atoms with Gasteiger partial charge >= 0.3 is 0 Å². The molecule has 0 unspecified atom stereocenters. The first-order valence-corrected chi connectivity index (χ1v) is 9.50. The number of halogens is 1. The fraction of sp³-hybridized carbons (Fsp3) is 0.381. The lowest BCUT2D eigenvalue weighted by molar-refractivity contribution is 0.0938. The summed E-state index contributed by atoms with van der Waals surface area (Å²) in [5.41, 5.74) is 1.42. The highest BCUT2D eigenvalue weighted by molar-refractivity contribution is 6.30. The fourth-order valence-electron chi connectivity index (χ4n) is 2.63. The molecular weight excluding hydrogens is 366 g/mol. The summed E-state index contributed by atoms with van der Waals surface area (Å²) in [6, 6.07) is 10.6. The van der Waals surface area contributed by atoms with Gasteiger partial charge < -0.3 is 19.5 Å². The Morgan fingerprint density at radius 2 is 1.48 bits per heavy atom. The van der Waals surface area contributed by atoms with E-state index in [2.05, 4.69) is 5.32 Å². The summed E-state index contributed by atoms with van der Waals surface area (Å²) in [6.45, 7) is 8.95. The first-order chi connectivity index (χ1) is 13.0. The minimum atomic E-state index is -0.220. The van der Waals surface area contributed by atoms with E-state index in [4.69, 9.17) is 25.8 Å². The summed E-state index contributed by atoms with van der Waals surface area (Å²) < 4.78 is 17.0. The van der Waals surface area contributed by atoms with Crippen LogP contribution in [-0.4, -0.2) is 25.7 Å². The van der Waals surface area contributed by atoms with Crippen molar-refractivity contribution in [3.8, 4) is 17.2 Å². The topological polar surface area (TPSA) is 56.8 Å². The molecule has 146 valence electrons. The van der Waals surface area contributed by atoms with Gasteiger partial charge in [-0.25, -0.2) is 0 Å². The summed E-state index contributed by atoms with van der Waals surface area (Å²) >= 11 is 5.93. The van der Waals surface area contributed by atoms with Crippen LogP contribution in [0.5, 0.6) is 17.2 Å². The van der Waals surface area contributed by atoms with Crippen LogP contribution in [0.1, 0.15) is 49.7 Å². The highest BCUT2D eigenvalue weighted by atomic mass is 35.5. The van der Waals surface area contributed by atoms with E-state index in [1.54, 1.807) is 24.3 Å². The first kappa shape index (κ1) is 20.9. The van der Waals surface area contributed by atoms with E-state index < -0.39 is 0 Å². The molecule has 0 aliphatic rings. The Bertz CT molecular complexity index is 734. The van der Waals surface area contributed by atoms with Crippen LogP contribution in [0, 0.1) is 0 Å². The van der Waals surface area contributed by atoms with E-state index in [0.29, 0.717) is 47.7 Å². The monoisotopic (exact) mass is 391 g/mol. The van der Waals surface area contributed by atoms with Crippen LogP contribution in [0.2, 0.25) is 5.02 Å². The van der Waals surface area contributed by atoms with Crippen molar-refractivity contribution in [3.05, 3.63) is 52.5 Å². The highest BCUT2D eigenvalue weighted by Gasteiger charge is 2.19. The molecule has 0 saturated carbocycles. The Morgan fingerprint density at radius 3 is 1.96 bits per heavy atom. The van der Waals surface area contributed by atoms with Gasteiger partial charge in [0.1, 0.15) is 0 Å². The second-order valence-electron chi connectivity index (χ2n) is 5.85. The number of carbonyl (C=O) groups is 1. The van der Waals surface area contributed by atoms with Gasteiger partial charge in [0.2, 0.25) is 5.75 Å². The third kappa shape index (κ3) is 5.54. The van der Waals surface area contributed by atoms with Crippen molar-refractivity contribution in [1.29, 1.82) is 0 Å². The molecule has 27 heavy (non-hydrogen) atoms. The van der Waals surface area contributed by atoms with Crippen LogP contribution in [-0.2, 0) is 0 Å². The van der Waals surface area contributed by atoms with E-state index in [-0.39, 0.29) is 11.9 Å². The minimum Gasteiger partial charge on any atom is -0.490 e. The third-order valence-electron chi connectivity index (χ3n) is 3.89. The van der Waals surface area contributed by atoms with Crippen LogP contribution in [0.25, 0.3) is 0 Å². The van der Waals surface area contributed by atoms with Gasteiger partial charge in [-0.2, -0.15) is 0 Å². The maximum Gasteiger partial charge on any atom is 0.252 e. The van der Waals surface area contributed by atoms with Crippen LogP contribution < -0.4 is 19.5 Å². The molecule has 0 fully saturated rings. The molecular formula is C21H26ClNO4. The van der Waals surface area contributed by atoms with Crippen molar-refractivity contribution >= 4 is 17.5 Å². The number of benzene rings is 2. The van der Waals surface area contributed by atoms with Crippen LogP contribution in [0.4, 0.5) is 0 Å². The lowest BCUT2D eigenvalue weighted by Gasteiger charge is -2.18. The van der Waals surface area contributed by atoms with E-state index >= 15 is 0 Å². The number of rotatable bonds is 9. The Labute approximate surface area is 165 Å². The number of carbonyl (C=O) groups excluding carboxylic acids is 1. The van der Waals surface area contributed by atoms with Crippen molar-refractivity contribution in [2.45, 2.75) is 33.7 Å². The zero-order chi connectivity index (χ0) is 19.8. The van der Waals surface area contributed by atoms with Gasteiger partial charge in [0.25, 0.3) is 5.91 Å². The molecule has 2 aromatic rings. The van der Waals surface area contributed by atoms with E-state index in [9.17, 15) is 4.79 Å². The van der Waals surface area contributed by atoms with Gasteiger partial charge in [-0.05, 0) is 57.5 Å². The number of amides is 1. The van der Waals surface area contributed by atoms with Gasteiger partial charge in [0, 0.05) is 10.6 Å². The van der Waals surface area contributed by atoms with E-state index in [0.717, 1.165) is 5.56 Å². The van der Waals surface area contributed by atoms with E-state index in [1.807, 2.05) is 39.8 Å². The molecule has 0 bridgehead atoms. The maximum atomic E-state index is 12.8. The SMILES string of the molecule is CCOc1cc(C(=O)N[C@H](C)c2ccc(Cl)cc2)cc(OCC)c1OCC. The Balaban J connectivity index is 2.29. The summed E-state index contributed by atoms with van der Waals surface area (Å²) in [6.07, 6.45) is 0. The standard InChI is InChI=1S/C21H26ClNO4/c1-5-25-18-12-16(13-19(26-6-2)20(18)27-7-3)21(24)23-14(4)15-8-10-17(22)11-9-15/h8-14H,5-7H2,1-4H3,(H,23,24)/t14-/m1/s1.